The van der Waals surface area contributed by atoms with E-state index in [0.717, 1.165) is 17.1 Å². The van der Waals surface area contributed by atoms with Crippen LogP contribution < -0.4 is 0 Å². The molecule has 6 nitrogen and oxygen atoms in total. The molecule has 22 heavy (non-hydrogen) atoms. The smallest absolute Gasteiger partial charge is 0.258 e. The molecule has 1 unspecified atom stereocenters. The summed E-state index contributed by atoms with van der Waals surface area (Å²) in [5.41, 5.74) is -1.81. The van der Waals surface area contributed by atoms with Gasteiger partial charge < -0.3 is 0 Å². The SMILES string of the molecule is O=S=C1C(C(F)(F)F)=CC(Cl)=C(n2cc([N+](=O)[O-])cn2)C1Cl. The highest BCUT2D eigenvalue weighted by molar-refractivity contribution is 7.67. The van der Waals surface area contributed by atoms with Crippen molar-refractivity contribution in [2.45, 2.75) is 11.6 Å². The summed E-state index contributed by atoms with van der Waals surface area (Å²) in [7, 11) is 0. The van der Waals surface area contributed by atoms with Gasteiger partial charge >= 0.3 is 11.9 Å². The number of nitrogens with zero attached hydrogens (tertiary/aromatic N) is 3. The lowest BCUT2D eigenvalue weighted by Gasteiger charge is -2.23. The fraction of sp³-hybridized carbons (Fsp3) is 0.200. The standard InChI is InChI=1S/C10H4Cl2F3N3O3S/c11-6-1-5(10(13,14)15)9(22-21)7(12)8(6)17-3-4(2-16-17)18(19)20/h1-3,7H. The Balaban J connectivity index is 2.62. The number of nitro groups is 1. The molecule has 118 valence electrons. The van der Waals surface area contributed by atoms with Crippen LogP contribution in [0.2, 0.25) is 0 Å². The first-order chi connectivity index (χ1) is 10.2. The summed E-state index contributed by atoms with van der Waals surface area (Å²) in [6.45, 7) is 0. The molecule has 1 aromatic heterocycles. The molecule has 0 bridgehead atoms. The van der Waals surface area contributed by atoms with E-state index in [0.29, 0.717) is 6.08 Å². The van der Waals surface area contributed by atoms with Crippen molar-refractivity contribution in [2.24, 2.45) is 0 Å². The van der Waals surface area contributed by atoms with Gasteiger partial charge in [-0.3, -0.25) is 10.1 Å². The molecule has 1 aliphatic carbocycles. The summed E-state index contributed by atoms with van der Waals surface area (Å²) in [6.07, 6.45) is -2.44. The molecule has 0 aliphatic heterocycles. The summed E-state index contributed by atoms with van der Waals surface area (Å²) in [5.74, 6) is 0. The molecule has 0 saturated carbocycles. The molecular weight excluding hydrogens is 370 g/mol. The summed E-state index contributed by atoms with van der Waals surface area (Å²) in [6, 6.07) is 0. The van der Waals surface area contributed by atoms with Crippen LogP contribution in [0.4, 0.5) is 18.9 Å². The zero-order chi connectivity index (χ0) is 16.7. The zero-order valence-electron chi connectivity index (χ0n) is 10.2. The molecule has 0 spiro atoms. The predicted molar refractivity (Wildman–Crippen MR) is 74.9 cm³/mol. The summed E-state index contributed by atoms with van der Waals surface area (Å²) >= 11 is 11.3. The van der Waals surface area contributed by atoms with Gasteiger partial charge in [0.05, 0.1) is 37.3 Å². The quantitative estimate of drug-likeness (QED) is 0.345. The summed E-state index contributed by atoms with van der Waals surface area (Å²) in [5, 5.41) is 12.3. The minimum Gasteiger partial charge on any atom is -0.258 e. The molecule has 0 amide bonds. The Morgan fingerprint density at radius 3 is 2.55 bits per heavy atom. The van der Waals surface area contributed by atoms with E-state index in [1.807, 2.05) is 0 Å². The Labute approximate surface area is 134 Å². The van der Waals surface area contributed by atoms with Gasteiger partial charge in [0, 0.05) is 0 Å². The average molecular weight is 374 g/mol. The third-order valence-corrected chi connectivity index (χ3v) is 4.17. The first-order valence-electron chi connectivity index (χ1n) is 5.36. The van der Waals surface area contributed by atoms with E-state index in [9.17, 15) is 27.5 Å². The van der Waals surface area contributed by atoms with Crippen molar-refractivity contribution in [1.82, 2.24) is 9.78 Å². The van der Waals surface area contributed by atoms with Gasteiger partial charge in [0.2, 0.25) is 0 Å². The zero-order valence-corrected chi connectivity index (χ0v) is 12.5. The number of aromatic nitrogens is 2. The number of hydrogen-bond acceptors (Lipinski definition) is 4. The van der Waals surface area contributed by atoms with E-state index in [-0.39, 0.29) is 5.70 Å². The average Bonchev–Trinajstić information content (AvgIpc) is 2.86. The van der Waals surface area contributed by atoms with Gasteiger partial charge in [-0.25, -0.2) is 8.89 Å². The highest BCUT2D eigenvalue weighted by Crippen LogP contribution is 2.38. The van der Waals surface area contributed by atoms with Crippen LogP contribution in [0.1, 0.15) is 0 Å². The van der Waals surface area contributed by atoms with Crippen LogP contribution >= 0.6 is 23.2 Å². The Kier molecular flexibility index (Phi) is 4.45. The highest BCUT2D eigenvalue weighted by Gasteiger charge is 2.43. The number of hydrogen-bond donors (Lipinski definition) is 0. The van der Waals surface area contributed by atoms with Crippen molar-refractivity contribution < 1.29 is 22.3 Å². The van der Waals surface area contributed by atoms with Crippen molar-refractivity contribution in [3.63, 3.8) is 0 Å². The Morgan fingerprint density at radius 2 is 2.09 bits per heavy atom. The number of halogens is 5. The second-order valence-corrected chi connectivity index (χ2v) is 5.45. The van der Waals surface area contributed by atoms with Crippen molar-refractivity contribution in [1.29, 1.82) is 0 Å². The molecule has 0 fully saturated rings. The molecule has 1 aromatic rings. The van der Waals surface area contributed by atoms with E-state index >= 15 is 0 Å². The maximum atomic E-state index is 12.9. The van der Waals surface area contributed by atoms with Gasteiger partial charge in [0.15, 0.2) is 0 Å². The lowest BCUT2D eigenvalue weighted by Crippen LogP contribution is -2.32. The first kappa shape index (κ1) is 16.7. The van der Waals surface area contributed by atoms with Crippen molar-refractivity contribution in [3.8, 4) is 0 Å². The molecule has 2 rings (SSSR count). The predicted octanol–water partition coefficient (Wildman–Crippen LogP) is 2.69. The molecule has 0 N–H and O–H groups in total. The lowest BCUT2D eigenvalue weighted by molar-refractivity contribution is -0.384. The molecular formula is C10H4Cl2F3N3O3S. The minimum absolute atomic E-state index is 0.164. The topological polar surface area (TPSA) is 78.0 Å². The molecule has 12 heteroatoms. The van der Waals surface area contributed by atoms with Gasteiger partial charge in [-0.1, -0.05) is 11.6 Å². The van der Waals surface area contributed by atoms with Gasteiger partial charge in [-0.05, 0) is 6.08 Å². The molecule has 0 saturated heterocycles. The molecule has 0 radical (unpaired) electrons. The van der Waals surface area contributed by atoms with Crippen LogP contribution in [0.5, 0.6) is 0 Å². The van der Waals surface area contributed by atoms with Crippen molar-refractivity contribution in [2.75, 3.05) is 0 Å². The normalized spacial score (nSPS) is 19.2. The first-order valence-corrected chi connectivity index (χ1v) is 6.91. The largest absolute Gasteiger partial charge is 0.417 e. The molecule has 1 aliphatic rings. The number of alkyl halides is 4. The summed E-state index contributed by atoms with van der Waals surface area (Å²) in [4.78, 5) is 9.17. The molecule has 0 aromatic carbocycles. The third-order valence-electron chi connectivity index (χ3n) is 2.67. The summed E-state index contributed by atoms with van der Waals surface area (Å²) < 4.78 is 50.5. The number of allylic oxidation sites excluding steroid dienone is 4. The van der Waals surface area contributed by atoms with E-state index in [1.165, 1.54) is 0 Å². The van der Waals surface area contributed by atoms with Crippen molar-refractivity contribution >= 4 is 50.7 Å². The molecule has 1 atom stereocenters. The fourth-order valence-corrected chi connectivity index (χ4v) is 2.99. The van der Waals surface area contributed by atoms with E-state index in [1.54, 1.807) is 0 Å². The van der Waals surface area contributed by atoms with E-state index in [4.69, 9.17) is 23.2 Å². The van der Waals surface area contributed by atoms with Crippen LogP contribution in [0.3, 0.4) is 0 Å². The van der Waals surface area contributed by atoms with Gasteiger partial charge in [0.1, 0.15) is 17.8 Å². The maximum Gasteiger partial charge on any atom is 0.417 e. The second-order valence-electron chi connectivity index (χ2n) is 4.00. The van der Waals surface area contributed by atoms with E-state index < -0.39 is 48.9 Å². The van der Waals surface area contributed by atoms with Crippen LogP contribution in [-0.2, 0) is 11.3 Å². The number of rotatable bonds is 2. The van der Waals surface area contributed by atoms with E-state index in [2.05, 4.69) is 5.10 Å². The Morgan fingerprint density at radius 1 is 1.45 bits per heavy atom. The van der Waals surface area contributed by atoms with Crippen LogP contribution in [0.25, 0.3) is 5.70 Å². The van der Waals surface area contributed by atoms with Gasteiger partial charge in [-0.2, -0.15) is 18.3 Å². The van der Waals surface area contributed by atoms with Crippen LogP contribution in [0, 0.1) is 10.1 Å². The third kappa shape index (κ3) is 2.94. The monoisotopic (exact) mass is 373 g/mol. The molecule has 1 heterocycles. The van der Waals surface area contributed by atoms with Gasteiger partial charge in [0.25, 0.3) is 0 Å². The Hall–Kier alpha value is -1.65. The van der Waals surface area contributed by atoms with Crippen molar-refractivity contribution in [3.05, 3.63) is 39.2 Å². The van der Waals surface area contributed by atoms with Crippen LogP contribution in [0.15, 0.2) is 29.1 Å². The highest BCUT2D eigenvalue weighted by atomic mass is 35.5. The van der Waals surface area contributed by atoms with Crippen LogP contribution in [-0.4, -0.2) is 35.3 Å². The van der Waals surface area contributed by atoms with Gasteiger partial charge in [-0.15, -0.1) is 11.6 Å². The maximum absolute atomic E-state index is 12.9. The lowest BCUT2D eigenvalue weighted by atomic mass is 10.0. The Bertz CT molecular complexity index is 765. The fourth-order valence-electron chi connectivity index (χ4n) is 1.73. The minimum atomic E-state index is -4.80. The second kappa shape index (κ2) is 5.86.